The van der Waals surface area contributed by atoms with Crippen LogP contribution in [0.1, 0.15) is 20.8 Å². The van der Waals surface area contributed by atoms with E-state index < -0.39 is 11.7 Å². The van der Waals surface area contributed by atoms with E-state index in [0.717, 1.165) is 0 Å². The number of nitrogens with zero attached hydrogens (tertiary/aromatic N) is 1. The minimum Gasteiger partial charge on any atom is -0.444 e. The quantitative estimate of drug-likeness (QED) is 0.318. The average Bonchev–Trinajstić information content (AvgIpc) is 2.38. The van der Waals surface area contributed by atoms with E-state index in [1.165, 1.54) is 5.01 Å². The molecule has 0 spiro atoms. The molecule has 7 heteroatoms. The first-order valence-electron chi connectivity index (χ1n) is 6.62. The molecule has 0 atom stereocenters. The molecular weight excluding hydrogens is 272 g/mol. The summed E-state index contributed by atoms with van der Waals surface area (Å²) < 4.78 is 5.09. The molecule has 0 saturated heterocycles. The molecule has 7 nitrogen and oxygen atoms in total. The molecule has 1 aromatic rings. The van der Waals surface area contributed by atoms with Gasteiger partial charge in [0.25, 0.3) is 0 Å². The van der Waals surface area contributed by atoms with Crippen LogP contribution in [0.2, 0.25) is 0 Å². The smallest absolute Gasteiger partial charge is 0.407 e. The summed E-state index contributed by atoms with van der Waals surface area (Å²) in [6.07, 6.45) is 0.161. The second-order valence-corrected chi connectivity index (χ2v) is 5.40. The first-order valence-corrected chi connectivity index (χ1v) is 6.62. The van der Waals surface area contributed by atoms with Crippen molar-refractivity contribution in [2.75, 3.05) is 23.8 Å². The van der Waals surface area contributed by atoms with Crippen LogP contribution < -0.4 is 21.5 Å². The minimum atomic E-state index is -0.531. The lowest BCUT2D eigenvalue weighted by atomic mass is 10.2. The number of amides is 2. The number of ether oxygens (including phenoxy) is 1. The number of anilines is 2. The summed E-state index contributed by atoms with van der Waals surface area (Å²) >= 11 is 0. The van der Waals surface area contributed by atoms with E-state index in [0.29, 0.717) is 30.9 Å². The number of carbonyl (C=O) groups excluding carboxylic acids is 2. The van der Waals surface area contributed by atoms with E-state index in [-0.39, 0.29) is 0 Å². The number of nitrogens with two attached hydrogens (primary N) is 1. The largest absolute Gasteiger partial charge is 0.444 e. The molecule has 0 heterocycles. The van der Waals surface area contributed by atoms with Gasteiger partial charge in [-0.25, -0.2) is 15.2 Å². The fourth-order valence-electron chi connectivity index (χ4n) is 1.48. The number of benzene rings is 1. The highest BCUT2D eigenvalue weighted by Gasteiger charge is 2.15. The number of carbonyl (C=O) groups is 2. The highest BCUT2D eigenvalue weighted by atomic mass is 16.6. The summed E-state index contributed by atoms with van der Waals surface area (Å²) in [4.78, 5) is 22.4. The molecule has 0 fully saturated rings. The second-order valence-electron chi connectivity index (χ2n) is 5.40. The minimum absolute atomic E-state index is 0.328. The number of alkyl carbamates (subject to hydrolysis) is 1. The van der Waals surface area contributed by atoms with Crippen molar-refractivity contribution in [2.45, 2.75) is 26.4 Å². The molecule has 0 bridgehead atoms. The van der Waals surface area contributed by atoms with Gasteiger partial charge in [0.1, 0.15) is 5.60 Å². The van der Waals surface area contributed by atoms with Crippen LogP contribution >= 0.6 is 0 Å². The predicted molar refractivity (Wildman–Crippen MR) is 81.6 cm³/mol. The normalized spacial score (nSPS) is 10.8. The Hall–Kier alpha value is -2.28. The molecule has 0 unspecified atom stereocenters. The Balaban J connectivity index is 2.35. The summed E-state index contributed by atoms with van der Waals surface area (Å²) in [7, 11) is 0. The highest BCUT2D eigenvalue weighted by Crippen LogP contribution is 2.13. The van der Waals surface area contributed by atoms with Crippen LogP contribution in [-0.4, -0.2) is 31.2 Å². The molecule has 0 aliphatic rings. The summed E-state index contributed by atoms with van der Waals surface area (Å²) in [5, 5.41) is 3.91. The lowest BCUT2D eigenvalue weighted by molar-refractivity contribution is -0.108. The summed E-state index contributed by atoms with van der Waals surface area (Å²) in [6.45, 7) is 6.08. The zero-order valence-electron chi connectivity index (χ0n) is 12.6. The van der Waals surface area contributed by atoms with Gasteiger partial charge in [-0.1, -0.05) is 0 Å². The Kier molecular flexibility index (Phi) is 5.98. The van der Waals surface area contributed by atoms with Gasteiger partial charge in [-0.15, -0.1) is 0 Å². The third kappa shape index (κ3) is 6.62. The molecule has 1 rings (SSSR count). The topological polar surface area (TPSA) is 96.7 Å². The van der Waals surface area contributed by atoms with E-state index >= 15 is 0 Å². The average molecular weight is 294 g/mol. The second kappa shape index (κ2) is 7.49. The van der Waals surface area contributed by atoms with Crippen molar-refractivity contribution in [3.8, 4) is 0 Å². The summed E-state index contributed by atoms with van der Waals surface area (Å²) in [5.74, 6) is 0. The molecule has 0 aliphatic carbocycles. The number of hydrazine groups is 1. The van der Waals surface area contributed by atoms with Crippen LogP contribution in [0.15, 0.2) is 24.3 Å². The number of hydrogen-bond donors (Lipinski definition) is 3. The van der Waals surface area contributed by atoms with Crippen LogP contribution in [0.25, 0.3) is 0 Å². The lowest BCUT2D eigenvalue weighted by Crippen LogP contribution is -2.43. The SMILES string of the molecule is CC(C)(C)OC(=O)NCCNN(C=O)c1ccc(N)cc1. The molecule has 0 aliphatic heterocycles. The van der Waals surface area contributed by atoms with Gasteiger partial charge in [-0.2, -0.15) is 0 Å². The summed E-state index contributed by atoms with van der Waals surface area (Å²) in [6, 6.07) is 6.84. The van der Waals surface area contributed by atoms with Crippen molar-refractivity contribution in [1.82, 2.24) is 10.7 Å². The monoisotopic (exact) mass is 294 g/mol. The van der Waals surface area contributed by atoms with Crippen molar-refractivity contribution in [3.05, 3.63) is 24.3 Å². The van der Waals surface area contributed by atoms with Gasteiger partial charge in [-0.3, -0.25) is 4.79 Å². The molecule has 0 aromatic heterocycles. The molecule has 116 valence electrons. The van der Waals surface area contributed by atoms with Gasteiger partial charge in [-0.05, 0) is 45.0 Å². The maximum atomic E-state index is 11.4. The van der Waals surface area contributed by atoms with Crippen molar-refractivity contribution in [2.24, 2.45) is 0 Å². The van der Waals surface area contributed by atoms with Gasteiger partial charge in [0.2, 0.25) is 6.41 Å². The Morgan fingerprint density at radius 1 is 1.29 bits per heavy atom. The molecule has 0 saturated carbocycles. The third-order valence-electron chi connectivity index (χ3n) is 2.35. The Labute approximate surface area is 124 Å². The van der Waals surface area contributed by atoms with Crippen molar-refractivity contribution >= 4 is 23.9 Å². The lowest BCUT2D eigenvalue weighted by Gasteiger charge is -2.21. The van der Waals surface area contributed by atoms with E-state index in [9.17, 15) is 9.59 Å². The van der Waals surface area contributed by atoms with Crippen LogP contribution in [-0.2, 0) is 9.53 Å². The molecule has 2 amide bonds. The molecule has 21 heavy (non-hydrogen) atoms. The van der Waals surface area contributed by atoms with E-state index in [4.69, 9.17) is 10.5 Å². The van der Waals surface area contributed by atoms with Gasteiger partial charge in [0, 0.05) is 18.8 Å². The Morgan fingerprint density at radius 2 is 1.90 bits per heavy atom. The zero-order valence-corrected chi connectivity index (χ0v) is 12.6. The van der Waals surface area contributed by atoms with Crippen LogP contribution in [0.4, 0.5) is 16.2 Å². The van der Waals surface area contributed by atoms with Crippen LogP contribution in [0.5, 0.6) is 0 Å². The van der Waals surface area contributed by atoms with Gasteiger partial charge < -0.3 is 15.8 Å². The van der Waals surface area contributed by atoms with E-state index in [1.807, 2.05) is 0 Å². The predicted octanol–water partition coefficient (Wildman–Crippen LogP) is 1.26. The highest BCUT2D eigenvalue weighted by molar-refractivity contribution is 5.74. The molecular formula is C14H22N4O3. The Morgan fingerprint density at radius 3 is 2.43 bits per heavy atom. The van der Waals surface area contributed by atoms with Crippen molar-refractivity contribution in [1.29, 1.82) is 0 Å². The van der Waals surface area contributed by atoms with Crippen molar-refractivity contribution < 1.29 is 14.3 Å². The fourth-order valence-corrected chi connectivity index (χ4v) is 1.48. The van der Waals surface area contributed by atoms with Crippen molar-refractivity contribution in [3.63, 3.8) is 0 Å². The van der Waals surface area contributed by atoms with Gasteiger partial charge in [0.15, 0.2) is 0 Å². The number of rotatable bonds is 6. The first kappa shape index (κ1) is 16.8. The number of nitrogens with one attached hydrogen (secondary N) is 2. The first-order chi connectivity index (χ1) is 9.81. The maximum absolute atomic E-state index is 11.4. The Bertz CT molecular complexity index is 468. The summed E-state index contributed by atoms with van der Waals surface area (Å²) in [5.41, 5.74) is 9.22. The standard InChI is InChI=1S/C14H22N4O3/c1-14(2,3)21-13(20)16-8-9-17-18(10-19)12-6-4-11(15)5-7-12/h4-7,10,17H,8-9,15H2,1-3H3,(H,16,20). The maximum Gasteiger partial charge on any atom is 0.407 e. The number of nitrogen functional groups attached to an aromatic ring is 1. The van der Waals surface area contributed by atoms with Crippen LogP contribution in [0.3, 0.4) is 0 Å². The molecule has 4 N–H and O–H groups in total. The van der Waals surface area contributed by atoms with Crippen LogP contribution in [0, 0.1) is 0 Å². The third-order valence-corrected chi connectivity index (χ3v) is 2.35. The molecule has 0 radical (unpaired) electrons. The zero-order chi connectivity index (χ0) is 15.9. The van der Waals surface area contributed by atoms with Gasteiger partial charge in [0.05, 0.1) is 5.69 Å². The number of hydrogen-bond acceptors (Lipinski definition) is 5. The van der Waals surface area contributed by atoms with E-state index in [1.54, 1.807) is 45.0 Å². The fraction of sp³-hybridized carbons (Fsp3) is 0.429. The van der Waals surface area contributed by atoms with Gasteiger partial charge >= 0.3 is 6.09 Å². The molecule has 1 aromatic carbocycles. The van der Waals surface area contributed by atoms with E-state index in [2.05, 4.69) is 10.7 Å².